The minimum atomic E-state index is -0.373. The molecule has 0 radical (unpaired) electrons. The van der Waals surface area contributed by atoms with Gasteiger partial charge in [0.25, 0.3) is 17.7 Å². The summed E-state index contributed by atoms with van der Waals surface area (Å²) < 4.78 is 10.1. The van der Waals surface area contributed by atoms with Crippen molar-refractivity contribution >= 4 is 29.4 Å². The first-order valence-electron chi connectivity index (χ1n) is 10.4. The van der Waals surface area contributed by atoms with E-state index in [-0.39, 0.29) is 41.6 Å². The lowest BCUT2D eigenvalue weighted by Gasteiger charge is -2.34. The lowest BCUT2D eigenvalue weighted by molar-refractivity contribution is 0.0631. The van der Waals surface area contributed by atoms with Crippen LogP contribution in [0.25, 0.3) is 0 Å². The number of rotatable bonds is 6. The zero-order valence-electron chi connectivity index (χ0n) is 17.7. The second-order valence-electron chi connectivity index (χ2n) is 7.56. The Kier molecular flexibility index (Phi) is 6.22. The average Bonchev–Trinajstić information content (AvgIpc) is 3.42. The van der Waals surface area contributed by atoms with Crippen LogP contribution in [0.4, 0.5) is 10.5 Å². The standard InChI is InChI=1S/C22H24N4O6/c1-31-12-3-7-26-19(27)16-6-5-15(14-17(16)20(26)28)23-22(30)25-10-8-24(9-11-25)21(29)18-4-2-13-32-18/h2,4-6,13-14H,3,7-12H2,1H3,(H,23,30). The third kappa shape index (κ3) is 4.22. The Morgan fingerprint density at radius 2 is 1.75 bits per heavy atom. The molecule has 0 saturated carbocycles. The molecule has 1 saturated heterocycles. The molecule has 0 unspecified atom stereocenters. The SMILES string of the molecule is COCCCN1C(=O)c2ccc(NC(=O)N3CCN(C(=O)c4ccco4)CC3)cc2C1=O. The highest BCUT2D eigenvalue weighted by molar-refractivity contribution is 6.21. The van der Waals surface area contributed by atoms with Crippen LogP contribution >= 0.6 is 0 Å². The number of hydrogen-bond donors (Lipinski definition) is 1. The van der Waals surface area contributed by atoms with Gasteiger partial charge in [0, 0.05) is 52.1 Å². The summed E-state index contributed by atoms with van der Waals surface area (Å²) in [5, 5.41) is 2.78. The Labute approximate surface area is 184 Å². The van der Waals surface area contributed by atoms with Gasteiger partial charge in [-0.1, -0.05) is 0 Å². The molecule has 2 aliphatic heterocycles. The molecule has 168 valence electrons. The molecule has 3 heterocycles. The Morgan fingerprint density at radius 3 is 2.44 bits per heavy atom. The lowest BCUT2D eigenvalue weighted by Crippen LogP contribution is -2.51. The topological polar surface area (TPSA) is 112 Å². The van der Waals surface area contributed by atoms with Gasteiger partial charge in [0.15, 0.2) is 5.76 Å². The number of amides is 5. The normalized spacial score (nSPS) is 15.8. The number of carbonyl (C=O) groups excluding carboxylic acids is 4. The summed E-state index contributed by atoms with van der Waals surface area (Å²) in [6, 6.07) is 7.63. The summed E-state index contributed by atoms with van der Waals surface area (Å²) in [7, 11) is 1.56. The number of methoxy groups -OCH3 is 1. The predicted molar refractivity (Wildman–Crippen MR) is 114 cm³/mol. The molecular weight excluding hydrogens is 416 g/mol. The van der Waals surface area contributed by atoms with Crippen LogP contribution in [-0.4, -0.2) is 84.9 Å². The quantitative estimate of drug-likeness (QED) is 0.542. The third-order valence-corrected chi connectivity index (χ3v) is 5.54. The number of furan rings is 1. The Hall–Kier alpha value is -3.66. The molecule has 10 heteroatoms. The molecule has 1 N–H and O–H groups in total. The van der Waals surface area contributed by atoms with E-state index in [2.05, 4.69) is 5.32 Å². The van der Waals surface area contributed by atoms with E-state index in [1.165, 1.54) is 17.2 Å². The van der Waals surface area contributed by atoms with Gasteiger partial charge in [0.05, 0.1) is 17.4 Å². The van der Waals surface area contributed by atoms with Crippen molar-refractivity contribution in [2.75, 3.05) is 51.8 Å². The molecule has 0 atom stereocenters. The van der Waals surface area contributed by atoms with Gasteiger partial charge in [0.2, 0.25) is 0 Å². The minimum Gasteiger partial charge on any atom is -0.459 e. The van der Waals surface area contributed by atoms with E-state index in [1.54, 1.807) is 41.2 Å². The van der Waals surface area contributed by atoms with E-state index in [0.29, 0.717) is 50.5 Å². The smallest absolute Gasteiger partial charge is 0.321 e. The fourth-order valence-electron chi connectivity index (χ4n) is 3.81. The number of imide groups is 1. The van der Waals surface area contributed by atoms with E-state index < -0.39 is 0 Å². The molecule has 2 aliphatic rings. The van der Waals surface area contributed by atoms with Crippen LogP contribution in [0.15, 0.2) is 41.0 Å². The van der Waals surface area contributed by atoms with Gasteiger partial charge in [-0.3, -0.25) is 19.3 Å². The highest BCUT2D eigenvalue weighted by Crippen LogP contribution is 2.26. The molecule has 1 aromatic heterocycles. The Bertz CT molecular complexity index is 1030. The summed E-state index contributed by atoms with van der Waals surface area (Å²) >= 11 is 0. The lowest BCUT2D eigenvalue weighted by atomic mass is 10.1. The molecule has 0 bridgehead atoms. The van der Waals surface area contributed by atoms with Crippen molar-refractivity contribution in [3.8, 4) is 0 Å². The zero-order valence-corrected chi connectivity index (χ0v) is 17.7. The largest absolute Gasteiger partial charge is 0.459 e. The number of nitrogens with one attached hydrogen (secondary N) is 1. The number of anilines is 1. The summed E-state index contributed by atoms with van der Waals surface area (Å²) in [6.45, 7) is 2.25. The van der Waals surface area contributed by atoms with Crippen LogP contribution in [0.1, 0.15) is 37.7 Å². The third-order valence-electron chi connectivity index (χ3n) is 5.54. The average molecular weight is 440 g/mol. The predicted octanol–water partition coefficient (Wildman–Crippen LogP) is 1.90. The minimum absolute atomic E-state index is 0.202. The molecule has 10 nitrogen and oxygen atoms in total. The molecular formula is C22H24N4O6. The van der Waals surface area contributed by atoms with Gasteiger partial charge < -0.3 is 24.3 Å². The summed E-state index contributed by atoms with van der Waals surface area (Å²) in [4.78, 5) is 54.6. The van der Waals surface area contributed by atoms with Crippen LogP contribution in [0, 0.1) is 0 Å². The van der Waals surface area contributed by atoms with Gasteiger partial charge >= 0.3 is 6.03 Å². The number of nitrogens with zero attached hydrogens (tertiary/aromatic N) is 3. The molecule has 1 fully saturated rings. The maximum Gasteiger partial charge on any atom is 0.321 e. The van der Waals surface area contributed by atoms with E-state index in [0.717, 1.165) is 0 Å². The maximum atomic E-state index is 12.7. The second-order valence-corrected chi connectivity index (χ2v) is 7.56. The number of urea groups is 1. The molecule has 2 aromatic rings. The first kappa shape index (κ1) is 21.6. The van der Waals surface area contributed by atoms with E-state index in [9.17, 15) is 19.2 Å². The summed E-state index contributed by atoms with van der Waals surface area (Å²) in [5.41, 5.74) is 1.04. The van der Waals surface area contributed by atoms with Crippen molar-refractivity contribution in [3.05, 3.63) is 53.5 Å². The van der Waals surface area contributed by atoms with Crippen LogP contribution in [0.2, 0.25) is 0 Å². The van der Waals surface area contributed by atoms with Crippen molar-refractivity contribution in [3.63, 3.8) is 0 Å². The van der Waals surface area contributed by atoms with Crippen LogP contribution < -0.4 is 5.32 Å². The van der Waals surface area contributed by atoms with Gasteiger partial charge in [-0.2, -0.15) is 0 Å². The maximum absolute atomic E-state index is 12.7. The highest BCUT2D eigenvalue weighted by Gasteiger charge is 2.35. The second kappa shape index (κ2) is 9.23. The van der Waals surface area contributed by atoms with Gasteiger partial charge in [0.1, 0.15) is 0 Å². The highest BCUT2D eigenvalue weighted by atomic mass is 16.5. The first-order chi connectivity index (χ1) is 15.5. The van der Waals surface area contributed by atoms with Crippen molar-refractivity contribution < 1.29 is 28.3 Å². The monoisotopic (exact) mass is 440 g/mol. The van der Waals surface area contributed by atoms with Crippen LogP contribution in [0.3, 0.4) is 0 Å². The summed E-state index contributed by atoms with van der Waals surface area (Å²) in [6.07, 6.45) is 2.00. The van der Waals surface area contributed by atoms with E-state index in [1.807, 2.05) is 0 Å². The molecule has 32 heavy (non-hydrogen) atoms. The molecule has 1 aromatic carbocycles. The van der Waals surface area contributed by atoms with Crippen molar-refractivity contribution in [1.29, 1.82) is 0 Å². The molecule has 0 spiro atoms. The molecule has 0 aliphatic carbocycles. The first-order valence-corrected chi connectivity index (χ1v) is 10.4. The van der Waals surface area contributed by atoms with E-state index in [4.69, 9.17) is 9.15 Å². The number of fused-ring (bicyclic) bond motifs is 1. The van der Waals surface area contributed by atoms with Gasteiger partial charge in [-0.15, -0.1) is 0 Å². The van der Waals surface area contributed by atoms with Crippen molar-refractivity contribution in [1.82, 2.24) is 14.7 Å². The number of piperazine rings is 1. The Balaban J connectivity index is 1.35. The number of carbonyl (C=O) groups is 4. The molecule has 5 amide bonds. The zero-order chi connectivity index (χ0) is 22.7. The fourth-order valence-corrected chi connectivity index (χ4v) is 3.81. The number of hydrogen-bond acceptors (Lipinski definition) is 6. The number of ether oxygens (including phenoxy) is 1. The van der Waals surface area contributed by atoms with Gasteiger partial charge in [-0.25, -0.2) is 4.79 Å². The van der Waals surface area contributed by atoms with Crippen molar-refractivity contribution in [2.45, 2.75) is 6.42 Å². The van der Waals surface area contributed by atoms with Crippen LogP contribution in [-0.2, 0) is 4.74 Å². The van der Waals surface area contributed by atoms with Crippen molar-refractivity contribution in [2.24, 2.45) is 0 Å². The number of benzene rings is 1. The van der Waals surface area contributed by atoms with E-state index >= 15 is 0 Å². The Morgan fingerprint density at radius 1 is 1.03 bits per heavy atom. The van der Waals surface area contributed by atoms with Gasteiger partial charge in [-0.05, 0) is 36.8 Å². The fraction of sp³-hybridized carbons (Fsp3) is 0.364. The van der Waals surface area contributed by atoms with Crippen LogP contribution in [0.5, 0.6) is 0 Å². The summed E-state index contributed by atoms with van der Waals surface area (Å²) in [5.74, 6) is -0.637. The molecule has 4 rings (SSSR count).